The predicted octanol–water partition coefficient (Wildman–Crippen LogP) is 4.18. The van der Waals surface area contributed by atoms with Crippen LogP contribution in [0.1, 0.15) is 18.1 Å². The number of benzene rings is 2. The van der Waals surface area contributed by atoms with Crippen LogP contribution < -0.4 is 0 Å². The van der Waals surface area contributed by atoms with Crippen LogP contribution in [0.25, 0.3) is 0 Å². The Morgan fingerprint density at radius 1 is 1.29 bits per heavy atom. The van der Waals surface area contributed by atoms with Gasteiger partial charge in [0.2, 0.25) is 0 Å². The van der Waals surface area contributed by atoms with E-state index >= 15 is 0 Å². The Kier molecular flexibility index (Phi) is 4.54. The van der Waals surface area contributed by atoms with Crippen molar-refractivity contribution in [2.45, 2.75) is 18.8 Å². The van der Waals surface area contributed by atoms with Crippen LogP contribution in [0, 0.1) is 17.1 Å². The van der Waals surface area contributed by atoms with E-state index in [1.54, 1.807) is 30.3 Å². The van der Waals surface area contributed by atoms with E-state index in [-0.39, 0.29) is 12.2 Å². The van der Waals surface area contributed by atoms with Crippen molar-refractivity contribution in [1.82, 2.24) is 0 Å². The molecule has 0 bridgehead atoms. The fourth-order valence-corrected chi connectivity index (χ4v) is 2.69. The molecule has 0 radical (unpaired) electrons. The first kappa shape index (κ1) is 15.4. The van der Waals surface area contributed by atoms with E-state index in [0.29, 0.717) is 15.6 Å². The van der Waals surface area contributed by atoms with Gasteiger partial charge in [-0.15, -0.1) is 0 Å². The van der Waals surface area contributed by atoms with E-state index in [4.69, 9.17) is 0 Å². The van der Waals surface area contributed by atoms with Gasteiger partial charge in [0.05, 0.1) is 6.07 Å². The van der Waals surface area contributed by atoms with Gasteiger partial charge >= 0.3 is 0 Å². The number of rotatable bonds is 4. The summed E-state index contributed by atoms with van der Waals surface area (Å²) in [7, 11) is 0. The van der Waals surface area contributed by atoms with Gasteiger partial charge in [0.1, 0.15) is 11.2 Å². The Bertz CT molecular complexity index is 708. The molecular formula is C17H13BrFNO. The molecule has 0 fully saturated rings. The molecule has 1 atom stereocenters. The van der Waals surface area contributed by atoms with Gasteiger partial charge in [-0.1, -0.05) is 46.3 Å². The van der Waals surface area contributed by atoms with Crippen molar-refractivity contribution < 1.29 is 9.18 Å². The maximum atomic E-state index is 13.4. The lowest BCUT2D eigenvalue weighted by Crippen LogP contribution is -2.35. The van der Waals surface area contributed by atoms with Gasteiger partial charge in [-0.2, -0.15) is 5.26 Å². The highest BCUT2D eigenvalue weighted by Crippen LogP contribution is 2.32. The molecule has 0 aromatic heterocycles. The van der Waals surface area contributed by atoms with Gasteiger partial charge in [-0.05, 0) is 36.2 Å². The normalized spacial score (nSPS) is 13.2. The van der Waals surface area contributed by atoms with E-state index in [2.05, 4.69) is 22.0 Å². The summed E-state index contributed by atoms with van der Waals surface area (Å²) in [6.07, 6.45) is 0.126. The number of nitriles is 1. The van der Waals surface area contributed by atoms with Crippen LogP contribution in [0.3, 0.4) is 0 Å². The average molecular weight is 346 g/mol. The minimum Gasteiger partial charge on any atom is -0.298 e. The molecule has 0 saturated carbocycles. The van der Waals surface area contributed by atoms with Gasteiger partial charge in [0, 0.05) is 10.9 Å². The van der Waals surface area contributed by atoms with Crippen LogP contribution in [0.2, 0.25) is 0 Å². The lowest BCUT2D eigenvalue weighted by molar-refractivity contribution is -0.120. The molecule has 21 heavy (non-hydrogen) atoms. The predicted molar refractivity (Wildman–Crippen MR) is 82.2 cm³/mol. The second kappa shape index (κ2) is 6.19. The van der Waals surface area contributed by atoms with E-state index in [1.807, 2.05) is 6.07 Å². The molecule has 0 aliphatic carbocycles. The van der Waals surface area contributed by atoms with E-state index in [9.17, 15) is 14.4 Å². The summed E-state index contributed by atoms with van der Waals surface area (Å²) in [4.78, 5) is 12.2. The number of nitrogens with zero attached hydrogens (tertiary/aromatic N) is 1. The molecule has 2 rings (SSSR count). The maximum Gasteiger partial charge on any atom is 0.154 e. The second-order valence-corrected chi connectivity index (χ2v) is 5.71. The van der Waals surface area contributed by atoms with E-state index < -0.39 is 11.2 Å². The molecule has 2 aromatic rings. The minimum atomic E-state index is -1.31. The molecule has 2 aromatic carbocycles. The van der Waals surface area contributed by atoms with Crippen molar-refractivity contribution in [2.75, 3.05) is 0 Å². The van der Waals surface area contributed by atoms with Gasteiger partial charge in [0.25, 0.3) is 0 Å². The monoisotopic (exact) mass is 345 g/mol. The van der Waals surface area contributed by atoms with Crippen LogP contribution in [0.15, 0.2) is 53.0 Å². The van der Waals surface area contributed by atoms with E-state index in [1.165, 1.54) is 19.1 Å². The van der Waals surface area contributed by atoms with Crippen molar-refractivity contribution in [3.8, 4) is 6.07 Å². The molecule has 0 spiro atoms. The molecule has 0 saturated heterocycles. The van der Waals surface area contributed by atoms with Crippen molar-refractivity contribution in [3.05, 3.63) is 69.9 Å². The third-order valence-electron chi connectivity index (χ3n) is 3.52. The van der Waals surface area contributed by atoms with Crippen LogP contribution in [0.5, 0.6) is 0 Å². The zero-order chi connectivity index (χ0) is 15.5. The van der Waals surface area contributed by atoms with E-state index in [0.717, 1.165) is 0 Å². The first-order valence-electron chi connectivity index (χ1n) is 6.41. The molecule has 1 unspecified atom stereocenters. The molecule has 0 N–H and O–H groups in total. The quantitative estimate of drug-likeness (QED) is 0.833. The molecular weight excluding hydrogens is 333 g/mol. The van der Waals surface area contributed by atoms with Crippen LogP contribution >= 0.6 is 15.9 Å². The summed E-state index contributed by atoms with van der Waals surface area (Å²) in [6.45, 7) is 1.39. The first-order valence-corrected chi connectivity index (χ1v) is 7.20. The summed E-state index contributed by atoms with van der Waals surface area (Å²) >= 11 is 3.35. The molecule has 4 heteroatoms. The average Bonchev–Trinajstić information content (AvgIpc) is 2.49. The summed E-state index contributed by atoms with van der Waals surface area (Å²) in [5.41, 5.74) is -0.0934. The number of carbonyl (C=O) groups is 1. The highest BCUT2D eigenvalue weighted by atomic mass is 79.9. The highest BCUT2D eigenvalue weighted by Gasteiger charge is 2.38. The largest absolute Gasteiger partial charge is 0.298 e. The molecule has 0 amide bonds. The number of hydrogen-bond acceptors (Lipinski definition) is 2. The molecule has 0 heterocycles. The third-order valence-corrected chi connectivity index (χ3v) is 4.30. The number of hydrogen-bond donors (Lipinski definition) is 0. The Balaban J connectivity index is 2.55. The lowest BCUT2D eigenvalue weighted by atomic mass is 9.74. The Labute approximate surface area is 131 Å². The summed E-state index contributed by atoms with van der Waals surface area (Å²) < 4.78 is 14.1. The van der Waals surface area contributed by atoms with Crippen LogP contribution in [-0.4, -0.2) is 5.78 Å². The maximum absolute atomic E-state index is 13.4. The summed E-state index contributed by atoms with van der Waals surface area (Å²) in [5, 5.41) is 9.64. The molecule has 106 valence electrons. The first-order chi connectivity index (χ1) is 9.99. The number of ketones is 1. The Hall–Kier alpha value is -1.99. The number of carbonyl (C=O) groups excluding carboxylic acids is 1. The Morgan fingerprint density at radius 2 is 1.95 bits per heavy atom. The zero-order valence-electron chi connectivity index (χ0n) is 11.4. The SMILES string of the molecule is CC(=O)C(C#N)(Cc1cc(F)ccc1Br)c1ccccc1. The standard InChI is InChI=1S/C17H13BrFNO/c1-12(21)17(11-20,14-5-3-2-4-6-14)10-13-9-15(19)7-8-16(13)18/h2-9H,10H2,1H3. The zero-order valence-corrected chi connectivity index (χ0v) is 13.0. The van der Waals surface area contributed by atoms with Gasteiger partial charge in [-0.3, -0.25) is 4.79 Å². The number of halogens is 2. The van der Waals surface area contributed by atoms with Crippen LogP contribution in [0.4, 0.5) is 4.39 Å². The van der Waals surface area contributed by atoms with Crippen molar-refractivity contribution in [2.24, 2.45) is 0 Å². The second-order valence-electron chi connectivity index (χ2n) is 4.85. The van der Waals surface area contributed by atoms with Gasteiger partial charge in [0.15, 0.2) is 5.78 Å². The van der Waals surface area contributed by atoms with Crippen LogP contribution in [-0.2, 0) is 16.6 Å². The highest BCUT2D eigenvalue weighted by molar-refractivity contribution is 9.10. The number of Topliss-reactive ketones (excluding diaryl/α,β-unsaturated/α-hetero) is 1. The van der Waals surface area contributed by atoms with Crippen molar-refractivity contribution in [3.63, 3.8) is 0 Å². The smallest absolute Gasteiger partial charge is 0.154 e. The topological polar surface area (TPSA) is 40.9 Å². The van der Waals surface area contributed by atoms with Gasteiger partial charge in [-0.25, -0.2) is 4.39 Å². The Morgan fingerprint density at radius 3 is 2.52 bits per heavy atom. The molecule has 0 aliphatic heterocycles. The van der Waals surface area contributed by atoms with Gasteiger partial charge < -0.3 is 0 Å². The minimum absolute atomic E-state index is 0.126. The fraction of sp³-hybridized carbons (Fsp3) is 0.176. The van der Waals surface area contributed by atoms with Crippen molar-refractivity contribution >= 4 is 21.7 Å². The lowest BCUT2D eigenvalue weighted by Gasteiger charge is -2.25. The van der Waals surface area contributed by atoms with Crippen molar-refractivity contribution in [1.29, 1.82) is 5.26 Å². The summed E-state index contributed by atoms with van der Waals surface area (Å²) in [5.74, 6) is -0.649. The summed E-state index contributed by atoms with van der Waals surface area (Å²) in [6, 6.07) is 15.3. The molecule has 2 nitrogen and oxygen atoms in total. The third kappa shape index (κ3) is 3.03. The fourth-order valence-electron chi connectivity index (χ4n) is 2.30. The molecule has 0 aliphatic rings.